The fourth-order valence-corrected chi connectivity index (χ4v) is 2.06. The van der Waals surface area contributed by atoms with Gasteiger partial charge in [0.25, 0.3) is 11.5 Å². The van der Waals surface area contributed by atoms with Crippen molar-refractivity contribution in [3.05, 3.63) is 52.8 Å². The summed E-state index contributed by atoms with van der Waals surface area (Å²) in [7, 11) is 0. The van der Waals surface area contributed by atoms with Crippen LogP contribution in [-0.4, -0.2) is 26.7 Å². The molecule has 3 N–H and O–H groups in total. The third-order valence-corrected chi connectivity index (χ3v) is 3.30. The number of aromatic nitrogens is 3. The van der Waals surface area contributed by atoms with Gasteiger partial charge < -0.3 is 4.98 Å². The van der Waals surface area contributed by atoms with Gasteiger partial charge in [0.2, 0.25) is 0 Å². The lowest BCUT2D eigenvalue weighted by Crippen LogP contribution is -2.30. The number of halogens is 1. The molecular formula is C15H12ClN5O2. The quantitative estimate of drug-likeness (QED) is 0.499. The number of benzene rings is 1. The predicted octanol–water partition coefficient (Wildman–Crippen LogP) is 1.67. The SMILES string of the molecule is O=C(CCl)NNc1ccc2[nH]c(=O)c(-c3ccccc3)nc2n1. The monoisotopic (exact) mass is 329 g/mol. The second-order valence-corrected chi connectivity index (χ2v) is 4.92. The zero-order valence-corrected chi connectivity index (χ0v) is 12.6. The molecule has 1 amide bonds. The number of carbonyl (C=O) groups is 1. The fraction of sp³-hybridized carbons (Fsp3) is 0.0667. The first kappa shape index (κ1) is 15.0. The maximum absolute atomic E-state index is 12.1. The van der Waals surface area contributed by atoms with Gasteiger partial charge in [-0.25, -0.2) is 9.97 Å². The average molecular weight is 330 g/mol. The summed E-state index contributed by atoms with van der Waals surface area (Å²) in [6, 6.07) is 12.4. The number of nitrogens with one attached hydrogen (secondary N) is 3. The summed E-state index contributed by atoms with van der Waals surface area (Å²) >= 11 is 5.39. The summed E-state index contributed by atoms with van der Waals surface area (Å²) in [5, 5.41) is 0. The van der Waals surface area contributed by atoms with E-state index in [1.807, 2.05) is 18.2 Å². The first-order chi connectivity index (χ1) is 11.2. The van der Waals surface area contributed by atoms with Crippen LogP contribution in [0.15, 0.2) is 47.3 Å². The normalized spacial score (nSPS) is 10.5. The van der Waals surface area contributed by atoms with E-state index in [0.717, 1.165) is 0 Å². The van der Waals surface area contributed by atoms with Gasteiger partial charge in [0.05, 0.1) is 5.52 Å². The highest BCUT2D eigenvalue weighted by Crippen LogP contribution is 2.15. The number of hydrogen-bond donors (Lipinski definition) is 3. The average Bonchev–Trinajstić information content (AvgIpc) is 2.59. The molecule has 1 aromatic carbocycles. The number of pyridine rings is 1. The molecule has 23 heavy (non-hydrogen) atoms. The van der Waals surface area contributed by atoms with E-state index in [-0.39, 0.29) is 23.0 Å². The number of anilines is 1. The number of nitrogens with zero attached hydrogens (tertiary/aromatic N) is 2. The Hall–Kier alpha value is -2.93. The largest absolute Gasteiger partial charge is 0.317 e. The molecule has 0 unspecified atom stereocenters. The Morgan fingerprint density at radius 3 is 2.65 bits per heavy atom. The van der Waals surface area contributed by atoms with E-state index in [9.17, 15) is 9.59 Å². The topological polar surface area (TPSA) is 99.8 Å². The highest BCUT2D eigenvalue weighted by Gasteiger charge is 2.09. The first-order valence-corrected chi connectivity index (χ1v) is 7.28. The molecule has 2 aromatic heterocycles. The van der Waals surface area contributed by atoms with Crippen LogP contribution in [0.25, 0.3) is 22.4 Å². The minimum Gasteiger partial charge on any atom is -0.317 e. The molecule has 0 atom stereocenters. The summed E-state index contributed by atoms with van der Waals surface area (Å²) in [5.74, 6) is -0.160. The van der Waals surface area contributed by atoms with E-state index in [1.54, 1.807) is 24.3 Å². The zero-order chi connectivity index (χ0) is 16.2. The lowest BCUT2D eigenvalue weighted by Gasteiger charge is -2.07. The van der Waals surface area contributed by atoms with E-state index in [2.05, 4.69) is 25.8 Å². The van der Waals surface area contributed by atoms with Crippen LogP contribution in [0.2, 0.25) is 0 Å². The summed E-state index contributed by atoms with van der Waals surface area (Å²) in [4.78, 5) is 34.6. The molecule has 116 valence electrons. The van der Waals surface area contributed by atoms with Crippen molar-refractivity contribution in [2.75, 3.05) is 11.3 Å². The van der Waals surface area contributed by atoms with Crippen LogP contribution in [0.4, 0.5) is 5.82 Å². The number of carbonyl (C=O) groups excluding carboxylic acids is 1. The zero-order valence-electron chi connectivity index (χ0n) is 11.8. The van der Waals surface area contributed by atoms with Crippen molar-refractivity contribution >= 4 is 34.5 Å². The second-order valence-electron chi connectivity index (χ2n) is 4.66. The summed E-state index contributed by atoms with van der Waals surface area (Å²) < 4.78 is 0. The molecule has 0 aliphatic carbocycles. The van der Waals surface area contributed by atoms with Crippen molar-refractivity contribution in [3.8, 4) is 11.3 Å². The lowest BCUT2D eigenvalue weighted by molar-refractivity contribution is -0.118. The van der Waals surface area contributed by atoms with Crippen molar-refractivity contribution in [2.45, 2.75) is 0 Å². The number of rotatable bonds is 4. The molecule has 8 heteroatoms. The molecular weight excluding hydrogens is 318 g/mol. The standard InChI is InChI=1S/C15H12ClN5O2/c16-8-12(22)21-20-11-7-6-10-14(18-11)19-13(15(23)17-10)9-4-2-1-3-5-9/h1-7H,8H2,(H,17,23)(H,21,22)(H,18,19,20). The van der Waals surface area contributed by atoms with E-state index in [0.29, 0.717) is 22.5 Å². The molecule has 0 bridgehead atoms. The van der Waals surface area contributed by atoms with E-state index >= 15 is 0 Å². The van der Waals surface area contributed by atoms with Gasteiger partial charge in [0.1, 0.15) is 17.4 Å². The van der Waals surface area contributed by atoms with Crippen LogP contribution in [0.5, 0.6) is 0 Å². The Kier molecular flexibility index (Phi) is 4.20. The smallest absolute Gasteiger partial charge is 0.275 e. The lowest BCUT2D eigenvalue weighted by atomic mass is 10.1. The molecule has 0 aliphatic rings. The van der Waals surface area contributed by atoms with Crippen molar-refractivity contribution in [2.24, 2.45) is 0 Å². The van der Waals surface area contributed by atoms with Crippen molar-refractivity contribution < 1.29 is 4.79 Å². The van der Waals surface area contributed by atoms with Crippen molar-refractivity contribution in [1.82, 2.24) is 20.4 Å². The number of amides is 1. The van der Waals surface area contributed by atoms with Crippen molar-refractivity contribution in [3.63, 3.8) is 0 Å². The van der Waals surface area contributed by atoms with Crippen LogP contribution in [0.1, 0.15) is 0 Å². The minimum absolute atomic E-state index is 0.162. The number of fused-ring (bicyclic) bond motifs is 1. The van der Waals surface area contributed by atoms with E-state index in [4.69, 9.17) is 11.6 Å². The number of H-pyrrole nitrogens is 1. The van der Waals surface area contributed by atoms with Crippen LogP contribution >= 0.6 is 11.6 Å². The molecule has 0 fully saturated rings. The molecule has 0 spiro atoms. The Balaban J connectivity index is 1.99. The molecule has 3 rings (SSSR count). The Labute approximate surface area is 135 Å². The Morgan fingerprint density at radius 2 is 1.91 bits per heavy atom. The summed E-state index contributed by atoms with van der Waals surface area (Å²) in [6.45, 7) is 0. The molecule has 0 aliphatic heterocycles. The fourth-order valence-electron chi connectivity index (χ4n) is 2.00. The van der Waals surface area contributed by atoms with Crippen LogP contribution in [-0.2, 0) is 4.79 Å². The van der Waals surface area contributed by atoms with Gasteiger partial charge in [-0.1, -0.05) is 30.3 Å². The van der Waals surface area contributed by atoms with Crippen LogP contribution in [0.3, 0.4) is 0 Å². The second kappa shape index (κ2) is 6.45. The molecule has 0 saturated heterocycles. The molecule has 7 nitrogen and oxygen atoms in total. The third kappa shape index (κ3) is 3.29. The highest BCUT2D eigenvalue weighted by atomic mass is 35.5. The van der Waals surface area contributed by atoms with Crippen LogP contribution < -0.4 is 16.4 Å². The summed E-state index contributed by atoms with van der Waals surface area (Å²) in [5.41, 5.74) is 6.58. The Bertz CT molecular complexity index is 911. The van der Waals surface area contributed by atoms with E-state index < -0.39 is 0 Å². The van der Waals surface area contributed by atoms with Gasteiger partial charge in [-0.05, 0) is 12.1 Å². The van der Waals surface area contributed by atoms with Gasteiger partial charge in [0.15, 0.2) is 5.65 Å². The van der Waals surface area contributed by atoms with Gasteiger partial charge in [-0.3, -0.25) is 20.4 Å². The number of hydrogen-bond acceptors (Lipinski definition) is 5. The number of hydrazine groups is 1. The summed E-state index contributed by atoms with van der Waals surface area (Å²) in [6.07, 6.45) is 0. The Morgan fingerprint density at radius 1 is 1.13 bits per heavy atom. The molecule has 0 radical (unpaired) electrons. The number of alkyl halides is 1. The maximum Gasteiger partial charge on any atom is 0.275 e. The van der Waals surface area contributed by atoms with Gasteiger partial charge in [-0.15, -0.1) is 11.6 Å². The molecule has 3 aromatic rings. The van der Waals surface area contributed by atoms with Gasteiger partial charge in [-0.2, -0.15) is 0 Å². The molecule has 2 heterocycles. The maximum atomic E-state index is 12.1. The highest BCUT2D eigenvalue weighted by molar-refractivity contribution is 6.27. The first-order valence-electron chi connectivity index (χ1n) is 6.74. The number of aromatic amines is 1. The van der Waals surface area contributed by atoms with Gasteiger partial charge in [0, 0.05) is 5.56 Å². The minimum atomic E-state index is -0.382. The molecule has 0 saturated carbocycles. The van der Waals surface area contributed by atoms with Gasteiger partial charge >= 0.3 is 0 Å². The van der Waals surface area contributed by atoms with Crippen LogP contribution in [0, 0.1) is 0 Å². The van der Waals surface area contributed by atoms with E-state index in [1.165, 1.54) is 0 Å². The predicted molar refractivity (Wildman–Crippen MR) is 88.1 cm³/mol. The third-order valence-electron chi connectivity index (χ3n) is 3.05. The van der Waals surface area contributed by atoms with Crippen molar-refractivity contribution in [1.29, 1.82) is 0 Å².